The zero-order valence-electron chi connectivity index (χ0n) is 15.5. The third-order valence-electron chi connectivity index (χ3n) is 4.18. The molecule has 2 N–H and O–H groups in total. The number of benzene rings is 1. The maximum Gasteiger partial charge on any atom is 0.261 e. The van der Waals surface area contributed by atoms with Gasteiger partial charge in [0.2, 0.25) is 11.8 Å². The Bertz CT molecular complexity index is 844. The summed E-state index contributed by atoms with van der Waals surface area (Å²) in [5.74, 6) is -0.396. The number of carbonyl (C=O) groups is 2. The number of hydrogen-bond donors (Lipinski definition) is 2. The summed E-state index contributed by atoms with van der Waals surface area (Å²) in [6.07, 6.45) is 3.11. The van der Waals surface area contributed by atoms with E-state index < -0.39 is 6.04 Å². The number of carbonyl (C=O) groups excluding carboxylic acids is 2. The molecule has 0 bridgehead atoms. The highest BCUT2D eigenvalue weighted by Gasteiger charge is 2.14. The number of nitrogens with zero attached hydrogens (tertiary/aromatic N) is 2. The van der Waals surface area contributed by atoms with Crippen LogP contribution in [0.3, 0.4) is 0 Å². The van der Waals surface area contributed by atoms with Crippen LogP contribution in [0.1, 0.15) is 38.7 Å². The lowest BCUT2D eigenvalue weighted by atomic mass is 10.1. The summed E-state index contributed by atoms with van der Waals surface area (Å²) >= 11 is 0. The molecular weight excluding hydrogens is 332 g/mol. The predicted molar refractivity (Wildman–Crippen MR) is 101 cm³/mol. The first-order valence-electron chi connectivity index (χ1n) is 8.96. The van der Waals surface area contributed by atoms with Crippen molar-refractivity contribution in [3.05, 3.63) is 40.4 Å². The molecule has 1 unspecified atom stereocenters. The number of para-hydroxylation sites is 1. The minimum absolute atomic E-state index is 0.105. The van der Waals surface area contributed by atoms with Gasteiger partial charge in [-0.25, -0.2) is 4.98 Å². The lowest BCUT2D eigenvalue weighted by molar-refractivity contribution is -0.128. The van der Waals surface area contributed by atoms with Gasteiger partial charge in [0.25, 0.3) is 5.56 Å². The molecule has 0 radical (unpaired) electrons. The van der Waals surface area contributed by atoms with Gasteiger partial charge in [0, 0.05) is 19.5 Å². The van der Waals surface area contributed by atoms with Gasteiger partial charge in [-0.1, -0.05) is 19.1 Å². The van der Waals surface area contributed by atoms with Crippen molar-refractivity contribution in [1.82, 2.24) is 20.2 Å². The quantitative estimate of drug-likeness (QED) is 0.748. The summed E-state index contributed by atoms with van der Waals surface area (Å²) < 4.78 is 1.52. The second-order valence-electron chi connectivity index (χ2n) is 6.40. The van der Waals surface area contributed by atoms with E-state index in [2.05, 4.69) is 15.6 Å². The molecule has 2 rings (SSSR count). The van der Waals surface area contributed by atoms with Crippen molar-refractivity contribution in [1.29, 1.82) is 0 Å². The SMILES string of the molecule is CCCNC(=O)C(C)NC(=O)CCCn1cnc2c(C)cccc2c1=O. The summed E-state index contributed by atoms with van der Waals surface area (Å²) in [7, 11) is 0. The van der Waals surface area contributed by atoms with E-state index >= 15 is 0 Å². The smallest absolute Gasteiger partial charge is 0.261 e. The van der Waals surface area contributed by atoms with Crippen molar-refractivity contribution < 1.29 is 9.59 Å². The van der Waals surface area contributed by atoms with Gasteiger partial charge in [0.05, 0.1) is 17.2 Å². The van der Waals surface area contributed by atoms with Crippen LogP contribution < -0.4 is 16.2 Å². The van der Waals surface area contributed by atoms with Gasteiger partial charge in [-0.15, -0.1) is 0 Å². The van der Waals surface area contributed by atoms with Crippen LogP contribution in [0.15, 0.2) is 29.3 Å². The van der Waals surface area contributed by atoms with E-state index in [1.54, 1.807) is 13.0 Å². The lowest BCUT2D eigenvalue weighted by Crippen LogP contribution is -2.45. The topological polar surface area (TPSA) is 93.1 Å². The van der Waals surface area contributed by atoms with Gasteiger partial charge in [-0.05, 0) is 38.3 Å². The fourth-order valence-electron chi connectivity index (χ4n) is 2.69. The Balaban J connectivity index is 1.89. The molecule has 0 aliphatic carbocycles. The fourth-order valence-corrected chi connectivity index (χ4v) is 2.69. The molecule has 1 heterocycles. The van der Waals surface area contributed by atoms with Crippen molar-refractivity contribution >= 4 is 22.7 Å². The average Bonchev–Trinajstić information content (AvgIpc) is 2.62. The van der Waals surface area contributed by atoms with Crippen LogP contribution in [0.5, 0.6) is 0 Å². The lowest BCUT2D eigenvalue weighted by Gasteiger charge is -2.14. The van der Waals surface area contributed by atoms with Crippen LogP contribution in [0, 0.1) is 6.92 Å². The minimum atomic E-state index is -0.568. The first-order chi connectivity index (χ1) is 12.4. The van der Waals surface area contributed by atoms with E-state index in [1.165, 1.54) is 10.9 Å². The summed E-state index contributed by atoms with van der Waals surface area (Å²) in [6.45, 7) is 6.54. The second kappa shape index (κ2) is 9.12. The van der Waals surface area contributed by atoms with Crippen LogP contribution in [0.2, 0.25) is 0 Å². The largest absolute Gasteiger partial charge is 0.354 e. The number of nitrogens with one attached hydrogen (secondary N) is 2. The number of fused-ring (bicyclic) bond motifs is 1. The molecule has 7 heteroatoms. The zero-order valence-corrected chi connectivity index (χ0v) is 15.5. The number of aromatic nitrogens is 2. The van der Waals surface area contributed by atoms with Crippen molar-refractivity contribution in [3.63, 3.8) is 0 Å². The molecule has 26 heavy (non-hydrogen) atoms. The van der Waals surface area contributed by atoms with Crippen LogP contribution in [0.4, 0.5) is 0 Å². The van der Waals surface area contributed by atoms with Crippen molar-refractivity contribution in [2.75, 3.05) is 6.54 Å². The molecule has 0 fully saturated rings. The van der Waals surface area contributed by atoms with E-state index in [4.69, 9.17) is 0 Å². The van der Waals surface area contributed by atoms with Crippen LogP contribution in [-0.2, 0) is 16.1 Å². The minimum Gasteiger partial charge on any atom is -0.354 e. The van der Waals surface area contributed by atoms with Gasteiger partial charge in [-0.3, -0.25) is 19.0 Å². The Morgan fingerprint density at radius 2 is 2.08 bits per heavy atom. The first kappa shape index (κ1) is 19.6. The number of rotatable bonds is 8. The molecule has 140 valence electrons. The predicted octanol–water partition coefficient (Wildman–Crippen LogP) is 1.52. The molecule has 2 aromatic rings. The molecule has 1 aromatic heterocycles. The molecule has 0 spiro atoms. The van der Waals surface area contributed by atoms with Crippen molar-refractivity contribution in [3.8, 4) is 0 Å². The van der Waals surface area contributed by atoms with E-state index in [0.717, 1.165) is 12.0 Å². The molecule has 1 atom stereocenters. The molecule has 1 aromatic carbocycles. The zero-order chi connectivity index (χ0) is 19.1. The Kier molecular flexibility index (Phi) is 6.89. The van der Waals surface area contributed by atoms with Gasteiger partial charge >= 0.3 is 0 Å². The Morgan fingerprint density at radius 1 is 1.31 bits per heavy atom. The molecule has 0 aliphatic heterocycles. The van der Waals surface area contributed by atoms with Crippen LogP contribution >= 0.6 is 0 Å². The standard InChI is InChI=1S/C19H26N4O3/c1-4-10-20-18(25)14(3)22-16(24)9-6-11-23-12-21-17-13(2)7-5-8-15(17)19(23)26/h5,7-8,12,14H,4,6,9-11H2,1-3H3,(H,20,25)(H,22,24). The summed E-state index contributed by atoms with van der Waals surface area (Å²) in [4.78, 5) is 40.6. The first-order valence-corrected chi connectivity index (χ1v) is 8.96. The van der Waals surface area contributed by atoms with Crippen LogP contribution in [0.25, 0.3) is 10.9 Å². The Morgan fingerprint density at radius 3 is 2.81 bits per heavy atom. The molecule has 2 amide bonds. The normalized spacial score (nSPS) is 12.0. The monoisotopic (exact) mass is 358 g/mol. The summed E-state index contributed by atoms with van der Waals surface area (Å²) in [6, 6.07) is 4.95. The third-order valence-corrected chi connectivity index (χ3v) is 4.18. The molecular formula is C19H26N4O3. The van der Waals surface area contributed by atoms with E-state index in [0.29, 0.717) is 30.4 Å². The highest BCUT2D eigenvalue weighted by atomic mass is 16.2. The number of hydrogen-bond acceptors (Lipinski definition) is 4. The maximum atomic E-state index is 12.5. The number of amides is 2. The van der Waals surface area contributed by atoms with Crippen molar-refractivity contribution in [2.45, 2.75) is 52.6 Å². The van der Waals surface area contributed by atoms with E-state index in [-0.39, 0.29) is 23.8 Å². The molecule has 0 saturated carbocycles. The van der Waals surface area contributed by atoms with Gasteiger partial charge in [-0.2, -0.15) is 0 Å². The van der Waals surface area contributed by atoms with Gasteiger partial charge < -0.3 is 10.6 Å². The molecule has 0 aliphatic rings. The van der Waals surface area contributed by atoms with Crippen LogP contribution in [-0.4, -0.2) is 34.0 Å². The third kappa shape index (κ3) is 4.91. The Labute approximate surface area is 152 Å². The van der Waals surface area contributed by atoms with E-state index in [9.17, 15) is 14.4 Å². The number of aryl methyl sites for hydroxylation is 2. The fraction of sp³-hybridized carbons (Fsp3) is 0.474. The maximum absolute atomic E-state index is 12.5. The average molecular weight is 358 g/mol. The highest BCUT2D eigenvalue weighted by molar-refractivity contribution is 5.87. The van der Waals surface area contributed by atoms with Gasteiger partial charge in [0.15, 0.2) is 0 Å². The van der Waals surface area contributed by atoms with E-state index in [1.807, 2.05) is 26.0 Å². The summed E-state index contributed by atoms with van der Waals surface area (Å²) in [5.41, 5.74) is 1.56. The van der Waals surface area contributed by atoms with Crippen molar-refractivity contribution in [2.24, 2.45) is 0 Å². The molecule has 0 saturated heterocycles. The summed E-state index contributed by atoms with van der Waals surface area (Å²) in [5, 5.41) is 6.00. The second-order valence-corrected chi connectivity index (χ2v) is 6.40. The van der Waals surface area contributed by atoms with Gasteiger partial charge in [0.1, 0.15) is 6.04 Å². The molecule has 7 nitrogen and oxygen atoms in total. The Hall–Kier alpha value is -2.70. The highest BCUT2D eigenvalue weighted by Crippen LogP contribution is 2.11.